The highest BCUT2D eigenvalue weighted by molar-refractivity contribution is 7.87. The molecule has 60 valence electrons. The van der Waals surface area contributed by atoms with Gasteiger partial charge < -0.3 is 0 Å². The van der Waals surface area contributed by atoms with Crippen LogP contribution in [0.25, 0.3) is 0 Å². The normalized spacial score (nSPS) is 36.1. The molecule has 1 atom stereocenters. The number of hydrogen-bond donors (Lipinski definition) is 0. The second kappa shape index (κ2) is 1.85. The van der Waals surface area contributed by atoms with Gasteiger partial charge in [0.2, 0.25) is 6.17 Å². The summed E-state index contributed by atoms with van der Waals surface area (Å²) in [6.45, 7) is 0. The van der Waals surface area contributed by atoms with Crippen LogP contribution in [0.2, 0.25) is 0 Å². The third-order valence-corrected chi connectivity index (χ3v) is 2.13. The zero-order valence-electron chi connectivity index (χ0n) is 4.55. The molecule has 0 radical (unpaired) electrons. The number of rotatable bonds is 0. The van der Waals surface area contributed by atoms with Gasteiger partial charge >= 0.3 is 6.11 Å². The van der Waals surface area contributed by atoms with Crippen LogP contribution < -0.4 is 0 Å². The molecule has 0 N–H and O–H groups in total. The molecule has 1 rings (SSSR count). The van der Waals surface area contributed by atoms with Crippen LogP contribution >= 0.6 is 0 Å². The Bertz CT molecular complexity index is 233. The molecule has 1 saturated heterocycles. The second-order valence-electron chi connectivity index (χ2n) is 1.84. The molecule has 0 amide bonds. The average molecular weight is 176 g/mol. The first-order valence-corrected chi connectivity index (χ1v) is 3.86. The van der Waals surface area contributed by atoms with E-state index in [0.29, 0.717) is 0 Å². The van der Waals surface area contributed by atoms with Crippen LogP contribution in [0.5, 0.6) is 0 Å². The van der Waals surface area contributed by atoms with Gasteiger partial charge in [-0.3, -0.25) is 0 Å². The Labute approximate surface area is 54.9 Å². The largest absolute Gasteiger partial charge is 0.401 e. The Morgan fingerprint density at radius 1 is 1.50 bits per heavy atom. The van der Waals surface area contributed by atoms with E-state index in [1.807, 2.05) is 0 Å². The number of hydrogen-bond acceptors (Lipinski definition) is 3. The summed E-state index contributed by atoms with van der Waals surface area (Å²) in [6.07, 6.45) is -6.91. The predicted octanol–water partition coefficient (Wildman–Crippen LogP) is 0.277. The lowest BCUT2D eigenvalue weighted by molar-refractivity contribution is -0.195. The van der Waals surface area contributed by atoms with Crippen molar-refractivity contribution in [3.05, 3.63) is 0 Å². The van der Waals surface area contributed by atoms with Crippen molar-refractivity contribution in [2.45, 2.75) is 12.3 Å². The van der Waals surface area contributed by atoms with Crippen molar-refractivity contribution in [3.8, 4) is 0 Å². The maximum absolute atomic E-state index is 11.9. The number of alkyl halides is 3. The van der Waals surface area contributed by atoms with Crippen molar-refractivity contribution in [1.29, 1.82) is 0 Å². The van der Waals surface area contributed by atoms with Gasteiger partial charge in [0, 0.05) is 0 Å². The Hall–Kier alpha value is -0.300. The second-order valence-corrected chi connectivity index (χ2v) is 3.45. The molecule has 0 aromatic rings. The van der Waals surface area contributed by atoms with Crippen molar-refractivity contribution in [2.75, 3.05) is 5.75 Å². The van der Waals surface area contributed by atoms with Crippen LogP contribution in [0.15, 0.2) is 0 Å². The van der Waals surface area contributed by atoms with Crippen LogP contribution in [0.1, 0.15) is 0 Å². The molecule has 0 bridgehead atoms. The van der Waals surface area contributed by atoms with Crippen molar-refractivity contribution < 1.29 is 25.8 Å². The van der Waals surface area contributed by atoms with E-state index in [9.17, 15) is 21.6 Å². The average Bonchev–Trinajstić information content (AvgIpc) is 1.73. The van der Waals surface area contributed by atoms with Gasteiger partial charge in [0.05, 0.1) is 0 Å². The van der Waals surface area contributed by atoms with Gasteiger partial charge in [-0.2, -0.15) is 21.4 Å². The third kappa shape index (κ3) is 1.24. The Morgan fingerprint density at radius 3 is 2.10 bits per heavy atom. The Morgan fingerprint density at radius 2 is 2.00 bits per heavy atom. The maximum atomic E-state index is 11.9. The molecule has 7 heteroatoms. The third-order valence-electron chi connectivity index (χ3n) is 0.953. The van der Waals surface area contributed by atoms with E-state index in [0.717, 1.165) is 0 Å². The van der Waals surface area contributed by atoms with E-state index in [2.05, 4.69) is 4.18 Å². The molecule has 1 fully saturated rings. The van der Waals surface area contributed by atoms with E-state index in [-0.39, 0.29) is 0 Å². The molecule has 1 unspecified atom stereocenters. The first kappa shape index (κ1) is 7.80. The molecule has 1 heterocycles. The summed E-state index contributed by atoms with van der Waals surface area (Å²) in [6, 6.07) is 0. The summed E-state index contributed by atoms with van der Waals surface area (Å²) >= 11 is 0. The topological polar surface area (TPSA) is 43.4 Å². The summed E-state index contributed by atoms with van der Waals surface area (Å²) < 4.78 is 59.0. The summed E-state index contributed by atoms with van der Waals surface area (Å²) in [5, 5.41) is 0. The van der Waals surface area contributed by atoms with Crippen molar-refractivity contribution in [3.63, 3.8) is 0 Å². The van der Waals surface area contributed by atoms with E-state index >= 15 is 0 Å². The molecule has 0 saturated carbocycles. The molecule has 0 aromatic carbocycles. The van der Waals surface area contributed by atoms with Gasteiger partial charge in [-0.05, 0) is 0 Å². The summed E-state index contributed by atoms with van der Waals surface area (Å²) in [7, 11) is -4.33. The van der Waals surface area contributed by atoms with Crippen molar-refractivity contribution in [2.24, 2.45) is 0 Å². The van der Waals surface area contributed by atoms with E-state index in [1.165, 1.54) is 0 Å². The Kier molecular flexibility index (Phi) is 1.44. The van der Waals surface area contributed by atoms with Crippen LogP contribution in [-0.2, 0) is 14.3 Å². The molecule has 0 aromatic heterocycles. The van der Waals surface area contributed by atoms with E-state index in [1.54, 1.807) is 0 Å². The molecule has 10 heavy (non-hydrogen) atoms. The molecule has 0 spiro atoms. The lowest BCUT2D eigenvalue weighted by atomic mass is 10.4. The molecular weight excluding hydrogens is 173 g/mol. The monoisotopic (exact) mass is 176 g/mol. The molecule has 3 nitrogen and oxygen atoms in total. The fourth-order valence-electron chi connectivity index (χ4n) is 0.532. The zero-order valence-corrected chi connectivity index (χ0v) is 5.37. The van der Waals surface area contributed by atoms with Gasteiger partial charge in [0.1, 0.15) is 5.75 Å². The first-order valence-electron chi connectivity index (χ1n) is 2.29. The smallest absolute Gasteiger partial charge is 0.237 e. The highest BCUT2D eigenvalue weighted by atomic mass is 32.2. The summed E-state index contributed by atoms with van der Waals surface area (Å²) in [4.78, 5) is 0. The minimum Gasteiger partial charge on any atom is -0.237 e. The van der Waals surface area contributed by atoms with Gasteiger partial charge in [-0.25, -0.2) is 4.39 Å². The standard InChI is InChI=1S/C3H3F3O3S/c4-2-1-10(7,8)9-3(2,5)6/h2H,1H2. The fourth-order valence-corrected chi connectivity index (χ4v) is 1.60. The molecule has 0 aliphatic carbocycles. The Balaban J connectivity index is 2.92. The minimum absolute atomic E-state index is 1.26. The van der Waals surface area contributed by atoms with Crippen LogP contribution in [0.3, 0.4) is 0 Å². The van der Waals surface area contributed by atoms with Crippen LogP contribution in [0.4, 0.5) is 13.2 Å². The number of halogens is 3. The molecule has 1 aliphatic heterocycles. The maximum Gasteiger partial charge on any atom is 0.401 e. The van der Waals surface area contributed by atoms with Crippen LogP contribution in [0, 0.1) is 0 Å². The van der Waals surface area contributed by atoms with Gasteiger partial charge in [-0.15, -0.1) is 0 Å². The van der Waals surface area contributed by atoms with Gasteiger partial charge in [0.25, 0.3) is 10.1 Å². The van der Waals surface area contributed by atoms with Crippen LogP contribution in [-0.4, -0.2) is 26.5 Å². The SMILES string of the molecule is O=S1(=O)CC(F)C(F)(F)O1. The summed E-state index contributed by atoms with van der Waals surface area (Å²) in [5.74, 6) is -1.26. The van der Waals surface area contributed by atoms with Gasteiger partial charge in [0.15, 0.2) is 0 Å². The van der Waals surface area contributed by atoms with E-state index < -0.39 is 28.2 Å². The lowest BCUT2D eigenvalue weighted by Gasteiger charge is -2.05. The fraction of sp³-hybridized carbons (Fsp3) is 1.00. The first-order chi connectivity index (χ1) is 4.33. The highest BCUT2D eigenvalue weighted by Crippen LogP contribution is 2.32. The van der Waals surface area contributed by atoms with Gasteiger partial charge in [-0.1, -0.05) is 0 Å². The summed E-state index contributed by atoms with van der Waals surface area (Å²) in [5.41, 5.74) is 0. The minimum atomic E-state index is -4.33. The molecular formula is C3H3F3O3S. The zero-order chi connectivity index (χ0) is 7.99. The van der Waals surface area contributed by atoms with Crippen molar-refractivity contribution in [1.82, 2.24) is 0 Å². The lowest BCUT2D eigenvalue weighted by Crippen LogP contribution is -2.25. The predicted molar refractivity (Wildman–Crippen MR) is 24.7 cm³/mol. The molecule has 1 aliphatic rings. The van der Waals surface area contributed by atoms with E-state index in [4.69, 9.17) is 0 Å². The van der Waals surface area contributed by atoms with Crippen molar-refractivity contribution >= 4 is 10.1 Å². The quantitative estimate of drug-likeness (QED) is 0.498. The highest BCUT2D eigenvalue weighted by Gasteiger charge is 2.54.